The van der Waals surface area contributed by atoms with E-state index >= 15 is 0 Å². The van der Waals surface area contributed by atoms with Crippen LogP contribution in [0.3, 0.4) is 0 Å². The van der Waals surface area contributed by atoms with E-state index in [1.165, 1.54) is 7.11 Å². The number of carbonyl (C=O) groups excluding carboxylic acids is 1. The molecule has 0 fully saturated rings. The number of phenols is 1. The lowest BCUT2D eigenvalue weighted by Gasteiger charge is -2.15. The third-order valence-electron chi connectivity index (χ3n) is 2.28. The molecule has 1 aromatic carbocycles. The van der Waals surface area contributed by atoms with Gasteiger partial charge in [-0.15, -0.1) is 0 Å². The smallest absolute Gasteiger partial charge is 0.160 e. The summed E-state index contributed by atoms with van der Waals surface area (Å²) in [5.74, 6) is 0.486. The third-order valence-corrected chi connectivity index (χ3v) is 2.28. The summed E-state index contributed by atoms with van der Waals surface area (Å²) >= 11 is 0. The molecule has 0 aliphatic rings. The maximum atomic E-state index is 10.8. The van der Waals surface area contributed by atoms with Crippen molar-refractivity contribution in [3.63, 3.8) is 0 Å². The van der Waals surface area contributed by atoms with Crippen LogP contribution in [0, 0.1) is 0 Å². The Hall–Kier alpha value is -1.55. The van der Waals surface area contributed by atoms with Crippen LogP contribution < -0.4 is 4.74 Å². The number of carbonyl (C=O) groups is 1. The third kappa shape index (κ3) is 4.07. The average Bonchev–Trinajstić information content (AvgIpc) is 2.27. The molecule has 0 heterocycles. The van der Waals surface area contributed by atoms with Gasteiger partial charge in [-0.25, -0.2) is 0 Å². The summed E-state index contributed by atoms with van der Waals surface area (Å²) in [5, 5.41) is 9.60. The highest BCUT2D eigenvalue weighted by Gasteiger charge is 2.12. The number of methoxy groups -OCH3 is 1. The number of aromatic hydroxyl groups is 1. The quantitative estimate of drug-likeness (QED) is 0.769. The monoisotopic (exact) mass is 238 g/mol. The van der Waals surface area contributed by atoms with Crippen LogP contribution in [0.15, 0.2) is 18.2 Å². The van der Waals surface area contributed by atoms with Crippen LogP contribution in [0.2, 0.25) is 0 Å². The fourth-order valence-electron chi connectivity index (χ4n) is 1.57. The summed E-state index contributed by atoms with van der Waals surface area (Å²) in [6, 6.07) is 5.06. The summed E-state index contributed by atoms with van der Waals surface area (Å²) in [4.78, 5) is 10.8. The van der Waals surface area contributed by atoms with E-state index in [1.807, 2.05) is 13.8 Å². The minimum Gasteiger partial charge on any atom is -0.504 e. The molecule has 0 amide bonds. The lowest BCUT2D eigenvalue weighted by molar-refractivity contribution is -0.120. The van der Waals surface area contributed by atoms with Gasteiger partial charge in [0.15, 0.2) is 11.5 Å². The van der Waals surface area contributed by atoms with E-state index in [9.17, 15) is 9.90 Å². The topological polar surface area (TPSA) is 55.8 Å². The Morgan fingerprint density at radius 2 is 2.12 bits per heavy atom. The highest BCUT2D eigenvalue weighted by atomic mass is 16.5. The zero-order chi connectivity index (χ0) is 12.8. The van der Waals surface area contributed by atoms with Crippen molar-refractivity contribution < 1.29 is 19.4 Å². The van der Waals surface area contributed by atoms with Crippen LogP contribution in [0.25, 0.3) is 0 Å². The summed E-state index contributed by atoms with van der Waals surface area (Å²) in [6.07, 6.45) is 0.736. The minimum absolute atomic E-state index is 0.00274. The summed E-state index contributed by atoms with van der Waals surface area (Å²) < 4.78 is 10.4. The van der Waals surface area contributed by atoms with Gasteiger partial charge in [0.05, 0.1) is 13.2 Å². The van der Waals surface area contributed by atoms with Gasteiger partial charge in [-0.3, -0.25) is 0 Å². The molecular formula is C13H18O4. The number of rotatable bonds is 6. The molecule has 1 unspecified atom stereocenters. The molecule has 0 bridgehead atoms. The molecule has 4 nitrogen and oxygen atoms in total. The van der Waals surface area contributed by atoms with E-state index in [4.69, 9.17) is 9.47 Å². The molecule has 0 spiro atoms. The van der Waals surface area contributed by atoms with Crippen LogP contribution in [-0.2, 0) is 16.0 Å². The van der Waals surface area contributed by atoms with Crippen molar-refractivity contribution in [3.8, 4) is 11.5 Å². The standard InChI is InChI=1S/C13H18O4/c1-9(2)17-11(8-14)6-10-4-5-13(16-3)12(15)7-10/h4-5,7-9,11,15H,6H2,1-3H3. The van der Waals surface area contributed by atoms with Gasteiger partial charge in [0.25, 0.3) is 0 Å². The maximum absolute atomic E-state index is 10.8. The average molecular weight is 238 g/mol. The second-order valence-corrected chi connectivity index (χ2v) is 4.07. The van der Waals surface area contributed by atoms with Gasteiger partial charge in [-0.05, 0) is 31.5 Å². The number of phenolic OH excluding ortho intramolecular Hbond substituents is 1. The van der Waals surface area contributed by atoms with Crippen LogP contribution in [-0.4, -0.2) is 30.7 Å². The number of hydrogen-bond donors (Lipinski definition) is 1. The van der Waals surface area contributed by atoms with E-state index in [-0.39, 0.29) is 11.9 Å². The van der Waals surface area contributed by atoms with E-state index in [0.717, 1.165) is 11.8 Å². The molecule has 1 atom stereocenters. The zero-order valence-electron chi connectivity index (χ0n) is 10.3. The number of benzene rings is 1. The molecule has 4 heteroatoms. The Morgan fingerprint density at radius 1 is 1.41 bits per heavy atom. The van der Waals surface area contributed by atoms with Gasteiger partial charge >= 0.3 is 0 Å². The van der Waals surface area contributed by atoms with E-state index < -0.39 is 6.10 Å². The zero-order valence-corrected chi connectivity index (χ0v) is 10.3. The molecule has 0 aliphatic heterocycles. The molecule has 0 saturated carbocycles. The van der Waals surface area contributed by atoms with E-state index in [2.05, 4.69) is 0 Å². The molecule has 1 aromatic rings. The first-order chi connectivity index (χ1) is 8.06. The Kier molecular flexibility index (Phi) is 4.97. The minimum atomic E-state index is -0.484. The second-order valence-electron chi connectivity index (χ2n) is 4.07. The molecule has 0 saturated heterocycles. The van der Waals surface area contributed by atoms with Crippen molar-refractivity contribution in [1.29, 1.82) is 0 Å². The summed E-state index contributed by atoms with van der Waals surface area (Å²) in [6.45, 7) is 3.75. The van der Waals surface area contributed by atoms with Crippen molar-refractivity contribution in [3.05, 3.63) is 23.8 Å². The Labute approximate surface area is 101 Å². The first kappa shape index (κ1) is 13.5. The lowest BCUT2D eigenvalue weighted by atomic mass is 10.1. The molecule has 0 radical (unpaired) electrons. The largest absolute Gasteiger partial charge is 0.504 e. The predicted molar refractivity (Wildman–Crippen MR) is 64.4 cm³/mol. The highest BCUT2D eigenvalue weighted by Crippen LogP contribution is 2.26. The van der Waals surface area contributed by atoms with Gasteiger partial charge in [0.2, 0.25) is 0 Å². The van der Waals surface area contributed by atoms with E-state index in [0.29, 0.717) is 12.2 Å². The molecule has 94 valence electrons. The van der Waals surface area contributed by atoms with Crippen molar-refractivity contribution in [2.45, 2.75) is 32.5 Å². The van der Waals surface area contributed by atoms with Crippen LogP contribution in [0.5, 0.6) is 11.5 Å². The Morgan fingerprint density at radius 3 is 2.59 bits per heavy atom. The molecule has 1 N–H and O–H groups in total. The number of ether oxygens (including phenoxy) is 2. The van der Waals surface area contributed by atoms with Crippen molar-refractivity contribution in [2.75, 3.05) is 7.11 Å². The first-order valence-electron chi connectivity index (χ1n) is 5.53. The summed E-state index contributed by atoms with van der Waals surface area (Å²) in [5.41, 5.74) is 0.834. The molecular weight excluding hydrogens is 220 g/mol. The van der Waals surface area contributed by atoms with Gasteiger partial charge in [0.1, 0.15) is 12.4 Å². The van der Waals surface area contributed by atoms with Gasteiger partial charge in [0, 0.05) is 6.42 Å². The maximum Gasteiger partial charge on any atom is 0.160 e. The molecule has 0 aromatic heterocycles. The predicted octanol–water partition coefficient (Wildman–Crippen LogP) is 1.94. The van der Waals surface area contributed by atoms with Gasteiger partial charge in [-0.2, -0.15) is 0 Å². The molecule has 1 rings (SSSR count). The van der Waals surface area contributed by atoms with Gasteiger partial charge < -0.3 is 19.4 Å². The van der Waals surface area contributed by atoms with Crippen LogP contribution in [0.1, 0.15) is 19.4 Å². The highest BCUT2D eigenvalue weighted by molar-refractivity contribution is 5.57. The Balaban J connectivity index is 2.73. The Bertz CT molecular complexity index is 374. The second kappa shape index (κ2) is 6.25. The van der Waals surface area contributed by atoms with Gasteiger partial charge in [-0.1, -0.05) is 6.07 Å². The number of hydrogen-bond acceptors (Lipinski definition) is 4. The lowest BCUT2D eigenvalue weighted by Crippen LogP contribution is -2.21. The summed E-state index contributed by atoms with van der Waals surface area (Å²) in [7, 11) is 1.49. The van der Waals surface area contributed by atoms with Crippen LogP contribution >= 0.6 is 0 Å². The normalized spacial score (nSPS) is 12.5. The SMILES string of the molecule is COc1ccc(CC(C=O)OC(C)C)cc1O. The van der Waals surface area contributed by atoms with Crippen molar-refractivity contribution >= 4 is 6.29 Å². The first-order valence-corrected chi connectivity index (χ1v) is 5.53. The fourth-order valence-corrected chi connectivity index (χ4v) is 1.57. The number of aldehydes is 1. The van der Waals surface area contributed by atoms with E-state index in [1.54, 1.807) is 18.2 Å². The van der Waals surface area contributed by atoms with Crippen molar-refractivity contribution in [1.82, 2.24) is 0 Å². The molecule has 0 aliphatic carbocycles. The van der Waals surface area contributed by atoms with Crippen LogP contribution in [0.4, 0.5) is 0 Å². The fraction of sp³-hybridized carbons (Fsp3) is 0.462. The van der Waals surface area contributed by atoms with Crippen molar-refractivity contribution in [2.24, 2.45) is 0 Å². The molecule has 17 heavy (non-hydrogen) atoms.